The third kappa shape index (κ3) is 3.82. The number of nitrogens with one attached hydrogen (secondary N) is 1. The van der Waals surface area contributed by atoms with Gasteiger partial charge in [-0.25, -0.2) is 9.97 Å². The van der Waals surface area contributed by atoms with Crippen LogP contribution in [0.3, 0.4) is 0 Å². The van der Waals surface area contributed by atoms with E-state index in [0.29, 0.717) is 35.7 Å². The second-order valence-electron chi connectivity index (χ2n) is 4.34. The van der Waals surface area contributed by atoms with Crippen LogP contribution in [0.25, 0.3) is 0 Å². The Balaban J connectivity index is 2.21. The molecule has 0 amide bonds. The highest BCUT2D eigenvalue weighted by Crippen LogP contribution is 2.26. The van der Waals surface area contributed by atoms with Gasteiger partial charge in [-0.3, -0.25) is 0 Å². The fraction of sp³-hybridized carbons (Fsp3) is 0.286. The summed E-state index contributed by atoms with van der Waals surface area (Å²) in [5, 5.41) is 3.77. The van der Waals surface area contributed by atoms with Crippen molar-refractivity contribution in [2.75, 3.05) is 17.7 Å². The summed E-state index contributed by atoms with van der Waals surface area (Å²) in [6, 6.07) is 7.42. The predicted octanol–water partition coefficient (Wildman–Crippen LogP) is 3.30. The number of aromatic nitrogens is 2. The van der Waals surface area contributed by atoms with E-state index in [1.807, 2.05) is 32.0 Å². The summed E-state index contributed by atoms with van der Waals surface area (Å²) in [4.78, 5) is 8.46. The SMILES string of the molecule is CCOCc1nc(N)cc(Nc2ccc(C)cc2Cl)n1. The van der Waals surface area contributed by atoms with Crippen LogP contribution >= 0.6 is 11.6 Å². The number of ether oxygens (including phenoxy) is 1. The molecule has 0 fully saturated rings. The minimum Gasteiger partial charge on any atom is -0.384 e. The molecular weight excluding hydrogens is 276 g/mol. The number of rotatable bonds is 5. The number of nitrogen functional groups attached to an aromatic ring is 1. The molecule has 1 aromatic heterocycles. The lowest BCUT2D eigenvalue weighted by Gasteiger charge is -2.10. The zero-order valence-corrected chi connectivity index (χ0v) is 12.2. The quantitative estimate of drug-likeness (QED) is 0.884. The Morgan fingerprint density at radius 1 is 1.30 bits per heavy atom. The summed E-state index contributed by atoms with van der Waals surface area (Å²) in [5.74, 6) is 1.52. The number of hydrogen-bond donors (Lipinski definition) is 2. The van der Waals surface area contributed by atoms with E-state index in [1.165, 1.54) is 0 Å². The molecule has 1 heterocycles. The molecule has 0 aliphatic heterocycles. The van der Waals surface area contributed by atoms with Crippen molar-refractivity contribution in [1.82, 2.24) is 9.97 Å². The molecule has 0 aliphatic carbocycles. The van der Waals surface area contributed by atoms with Gasteiger partial charge in [0.05, 0.1) is 10.7 Å². The van der Waals surface area contributed by atoms with Gasteiger partial charge in [-0.2, -0.15) is 0 Å². The number of nitrogens with two attached hydrogens (primary N) is 1. The number of hydrogen-bond acceptors (Lipinski definition) is 5. The molecule has 0 atom stereocenters. The molecule has 5 nitrogen and oxygen atoms in total. The molecular formula is C14H17ClN4O. The van der Waals surface area contributed by atoms with Crippen LogP contribution in [0, 0.1) is 6.92 Å². The Hall–Kier alpha value is -1.85. The van der Waals surface area contributed by atoms with Gasteiger partial charge in [0.1, 0.15) is 18.2 Å². The van der Waals surface area contributed by atoms with Gasteiger partial charge in [0.15, 0.2) is 5.82 Å². The van der Waals surface area contributed by atoms with Gasteiger partial charge in [0.2, 0.25) is 0 Å². The van der Waals surface area contributed by atoms with Crippen LogP contribution in [0.1, 0.15) is 18.3 Å². The second kappa shape index (κ2) is 6.54. The Labute approximate surface area is 123 Å². The minimum absolute atomic E-state index is 0.331. The molecule has 1 aromatic carbocycles. The van der Waals surface area contributed by atoms with E-state index in [4.69, 9.17) is 22.1 Å². The van der Waals surface area contributed by atoms with Gasteiger partial charge in [0.25, 0.3) is 0 Å². The number of aryl methyl sites for hydroxylation is 1. The summed E-state index contributed by atoms with van der Waals surface area (Å²) in [5.41, 5.74) is 7.64. The summed E-state index contributed by atoms with van der Waals surface area (Å²) in [7, 11) is 0. The van der Waals surface area contributed by atoms with E-state index in [0.717, 1.165) is 11.3 Å². The zero-order valence-electron chi connectivity index (χ0n) is 11.5. The molecule has 0 saturated carbocycles. The molecule has 0 bridgehead atoms. The van der Waals surface area contributed by atoms with E-state index < -0.39 is 0 Å². The molecule has 0 radical (unpaired) electrons. The van der Waals surface area contributed by atoms with Crippen LogP contribution < -0.4 is 11.1 Å². The molecule has 20 heavy (non-hydrogen) atoms. The maximum absolute atomic E-state index is 6.18. The summed E-state index contributed by atoms with van der Waals surface area (Å²) in [6.07, 6.45) is 0. The highest BCUT2D eigenvalue weighted by atomic mass is 35.5. The second-order valence-corrected chi connectivity index (χ2v) is 4.75. The van der Waals surface area contributed by atoms with Crippen LogP contribution in [0.4, 0.5) is 17.3 Å². The van der Waals surface area contributed by atoms with Gasteiger partial charge < -0.3 is 15.8 Å². The van der Waals surface area contributed by atoms with Gasteiger partial charge in [-0.1, -0.05) is 17.7 Å². The fourth-order valence-electron chi connectivity index (χ4n) is 1.70. The normalized spacial score (nSPS) is 10.6. The number of anilines is 3. The monoisotopic (exact) mass is 292 g/mol. The average Bonchev–Trinajstić information content (AvgIpc) is 2.39. The van der Waals surface area contributed by atoms with Crippen LogP contribution in [-0.4, -0.2) is 16.6 Å². The van der Waals surface area contributed by atoms with Crippen LogP contribution in [0.15, 0.2) is 24.3 Å². The average molecular weight is 293 g/mol. The Bertz CT molecular complexity index is 604. The van der Waals surface area contributed by atoms with Crippen molar-refractivity contribution in [1.29, 1.82) is 0 Å². The van der Waals surface area contributed by atoms with Gasteiger partial charge in [0, 0.05) is 12.7 Å². The summed E-state index contributed by atoms with van der Waals surface area (Å²) < 4.78 is 5.28. The van der Waals surface area contributed by atoms with E-state index in [-0.39, 0.29) is 0 Å². The molecule has 0 unspecified atom stereocenters. The minimum atomic E-state index is 0.331. The first-order valence-electron chi connectivity index (χ1n) is 6.33. The predicted molar refractivity (Wildman–Crippen MR) is 81.2 cm³/mol. The van der Waals surface area contributed by atoms with Crippen molar-refractivity contribution in [3.63, 3.8) is 0 Å². The largest absolute Gasteiger partial charge is 0.384 e. The zero-order chi connectivity index (χ0) is 14.5. The lowest BCUT2D eigenvalue weighted by molar-refractivity contribution is 0.128. The van der Waals surface area contributed by atoms with E-state index >= 15 is 0 Å². The van der Waals surface area contributed by atoms with Crippen molar-refractivity contribution >= 4 is 28.9 Å². The standard InChI is InChI=1S/C14H17ClN4O/c1-3-20-8-14-18-12(16)7-13(19-14)17-11-5-4-9(2)6-10(11)15/h4-7H,3,8H2,1-2H3,(H3,16,17,18,19). The van der Waals surface area contributed by atoms with Crippen LogP contribution in [-0.2, 0) is 11.3 Å². The first kappa shape index (κ1) is 14.6. The maximum Gasteiger partial charge on any atom is 0.158 e. The first-order valence-corrected chi connectivity index (χ1v) is 6.70. The Morgan fingerprint density at radius 3 is 2.80 bits per heavy atom. The first-order chi connectivity index (χ1) is 9.58. The summed E-state index contributed by atoms with van der Waals surface area (Å²) >= 11 is 6.18. The van der Waals surface area contributed by atoms with Crippen molar-refractivity contribution in [2.45, 2.75) is 20.5 Å². The van der Waals surface area contributed by atoms with Gasteiger partial charge in [-0.15, -0.1) is 0 Å². The van der Waals surface area contributed by atoms with Crippen molar-refractivity contribution < 1.29 is 4.74 Å². The highest BCUT2D eigenvalue weighted by Gasteiger charge is 2.06. The summed E-state index contributed by atoms with van der Waals surface area (Å²) in [6.45, 7) is 4.83. The van der Waals surface area contributed by atoms with Gasteiger partial charge >= 0.3 is 0 Å². The Kier molecular flexibility index (Phi) is 4.76. The Morgan fingerprint density at radius 2 is 2.10 bits per heavy atom. The van der Waals surface area contributed by atoms with Crippen molar-refractivity contribution in [2.24, 2.45) is 0 Å². The molecule has 0 aliphatic rings. The number of nitrogens with zero attached hydrogens (tertiary/aromatic N) is 2. The highest BCUT2D eigenvalue weighted by molar-refractivity contribution is 6.33. The lowest BCUT2D eigenvalue weighted by Crippen LogP contribution is -2.05. The third-order valence-electron chi connectivity index (χ3n) is 2.61. The smallest absolute Gasteiger partial charge is 0.158 e. The van der Waals surface area contributed by atoms with Crippen molar-refractivity contribution in [3.8, 4) is 0 Å². The molecule has 2 aromatic rings. The lowest BCUT2D eigenvalue weighted by atomic mass is 10.2. The van der Waals surface area contributed by atoms with Crippen LogP contribution in [0.5, 0.6) is 0 Å². The molecule has 2 rings (SSSR count). The van der Waals surface area contributed by atoms with E-state index in [2.05, 4.69) is 15.3 Å². The van der Waals surface area contributed by atoms with Crippen LogP contribution in [0.2, 0.25) is 5.02 Å². The molecule has 106 valence electrons. The fourth-order valence-corrected chi connectivity index (χ4v) is 1.98. The van der Waals surface area contributed by atoms with Gasteiger partial charge in [-0.05, 0) is 31.5 Å². The third-order valence-corrected chi connectivity index (χ3v) is 2.93. The molecule has 0 spiro atoms. The topological polar surface area (TPSA) is 73.1 Å². The molecule has 6 heteroatoms. The number of halogens is 1. The van der Waals surface area contributed by atoms with Crippen molar-refractivity contribution in [3.05, 3.63) is 40.7 Å². The molecule has 3 N–H and O–H groups in total. The number of benzene rings is 1. The molecule has 0 saturated heterocycles. The maximum atomic E-state index is 6.18. The van der Waals surface area contributed by atoms with E-state index in [9.17, 15) is 0 Å². The van der Waals surface area contributed by atoms with E-state index in [1.54, 1.807) is 6.07 Å².